The van der Waals surface area contributed by atoms with Crippen LogP contribution in [0.2, 0.25) is 0 Å². The van der Waals surface area contributed by atoms with Crippen LogP contribution in [0.15, 0.2) is 18.2 Å². The van der Waals surface area contributed by atoms with E-state index in [0.29, 0.717) is 12.4 Å². The van der Waals surface area contributed by atoms with E-state index >= 15 is 0 Å². The molecule has 0 aliphatic carbocycles. The number of hydrogen-bond acceptors (Lipinski definition) is 4. The van der Waals surface area contributed by atoms with Crippen molar-refractivity contribution in [3.05, 3.63) is 39.6 Å². The van der Waals surface area contributed by atoms with E-state index in [-0.39, 0.29) is 5.91 Å². The minimum Gasteiger partial charge on any atom is -0.335 e. The Morgan fingerprint density at radius 1 is 1.47 bits per heavy atom. The van der Waals surface area contributed by atoms with Crippen molar-refractivity contribution < 1.29 is 4.79 Å². The summed E-state index contributed by atoms with van der Waals surface area (Å²) < 4.78 is 0. The molecule has 0 saturated heterocycles. The van der Waals surface area contributed by atoms with Crippen LogP contribution in [0.25, 0.3) is 6.08 Å². The van der Waals surface area contributed by atoms with E-state index in [2.05, 4.69) is 15.2 Å². The van der Waals surface area contributed by atoms with Crippen LogP contribution in [-0.2, 0) is 11.3 Å². The van der Waals surface area contributed by atoms with Crippen LogP contribution >= 0.6 is 11.3 Å². The average Bonchev–Trinajstić information content (AvgIpc) is 2.95. The summed E-state index contributed by atoms with van der Waals surface area (Å²) in [7, 11) is 1.73. The SMILES string of the molecule is Cc1nc(CN(C)C(=O)C=Cc2ccc(C)s2)n[nH]1. The van der Waals surface area contributed by atoms with Crippen LogP contribution < -0.4 is 0 Å². The fourth-order valence-electron chi connectivity index (χ4n) is 1.57. The Labute approximate surface area is 116 Å². The molecular weight excluding hydrogens is 260 g/mol. The summed E-state index contributed by atoms with van der Waals surface area (Å²) in [5, 5.41) is 6.77. The van der Waals surface area contributed by atoms with Gasteiger partial charge in [0, 0.05) is 22.9 Å². The van der Waals surface area contributed by atoms with Crippen LogP contribution in [0.5, 0.6) is 0 Å². The number of carbonyl (C=O) groups excluding carboxylic acids is 1. The highest BCUT2D eigenvalue weighted by Gasteiger charge is 2.08. The number of aromatic amines is 1. The minimum absolute atomic E-state index is 0.0616. The molecule has 0 spiro atoms. The highest BCUT2D eigenvalue weighted by Crippen LogP contribution is 2.16. The van der Waals surface area contributed by atoms with Crippen molar-refractivity contribution in [3.8, 4) is 0 Å². The number of thiophene rings is 1. The lowest BCUT2D eigenvalue weighted by Crippen LogP contribution is -2.24. The number of nitrogens with zero attached hydrogens (tertiary/aromatic N) is 3. The molecule has 2 rings (SSSR count). The van der Waals surface area contributed by atoms with Crippen molar-refractivity contribution in [2.75, 3.05) is 7.05 Å². The number of nitrogens with one attached hydrogen (secondary N) is 1. The molecule has 0 saturated carbocycles. The summed E-state index contributed by atoms with van der Waals surface area (Å²) >= 11 is 1.66. The molecule has 1 N–H and O–H groups in total. The zero-order chi connectivity index (χ0) is 13.8. The number of aromatic nitrogens is 3. The molecule has 6 heteroatoms. The zero-order valence-electron chi connectivity index (χ0n) is 11.2. The van der Waals surface area contributed by atoms with Gasteiger partial charge in [-0.05, 0) is 32.1 Å². The Kier molecular flexibility index (Phi) is 4.11. The number of likely N-dealkylation sites (N-methyl/N-ethyl adjacent to an activating group) is 1. The first-order valence-corrected chi connectivity index (χ1v) is 6.74. The van der Waals surface area contributed by atoms with E-state index in [1.165, 1.54) is 4.88 Å². The average molecular weight is 276 g/mol. The molecule has 0 radical (unpaired) electrons. The number of rotatable bonds is 4. The van der Waals surface area contributed by atoms with Crippen LogP contribution in [0.3, 0.4) is 0 Å². The highest BCUT2D eigenvalue weighted by molar-refractivity contribution is 7.12. The van der Waals surface area contributed by atoms with Crippen LogP contribution in [0.4, 0.5) is 0 Å². The number of aryl methyl sites for hydroxylation is 2. The molecular formula is C13H16N4OS. The zero-order valence-corrected chi connectivity index (χ0v) is 12.0. The minimum atomic E-state index is -0.0616. The van der Waals surface area contributed by atoms with Gasteiger partial charge in [0.1, 0.15) is 5.82 Å². The lowest BCUT2D eigenvalue weighted by Gasteiger charge is -2.12. The molecule has 2 heterocycles. The van der Waals surface area contributed by atoms with Gasteiger partial charge in [0.15, 0.2) is 5.82 Å². The third-order valence-corrected chi connectivity index (χ3v) is 3.52. The largest absolute Gasteiger partial charge is 0.335 e. The van der Waals surface area contributed by atoms with E-state index in [4.69, 9.17) is 0 Å². The van der Waals surface area contributed by atoms with Gasteiger partial charge in [0.25, 0.3) is 0 Å². The third-order valence-electron chi connectivity index (χ3n) is 2.55. The van der Waals surface area contributed by atoms with Gasteiger partial charge in [0.05, 0.1) is 6.54 Å². The molecule has 0 fully saturated rings. The molecule has 2 aromatic heterocycles. The Balaban J connectivity index is 1.94. The highest BCUT2D eigenvalue weighted by atomic mass is 32.1. The van der Waals surface area contributed by atoms with Crippen LogP contribution in [0, 0.1) is 13.8 Å². The van der Waals surface area contributed by atoms with Crippen LogP contribution in [-0.4, -0.2) is 33.0 Å². The van der Waals surface area contributed by atoms with E-state index in [1.807, 2.05) is 32.1 Å². The standard InChI is InChI=1S/C13H16N4OS/c1-9-4-5-11(19-9)6-7-13(18)17(3)8-12-14-10(2)15-16-12/h4-7H,8H2,1-3H3,(H,14,15,16). The van der Waals surface area contributed by atoms with Crippen molar-refractivity contribution in [1.29, 1.82) is 0 Å². The van der Waals surface area contributed by atoms with Crippen molar-refractivity contribution in [3.63, 3.8) is 0 Å². The predicted molar refractivity (Wildman–Crippen MR) is 75.7 cm³/mol. The summed E-state index contributed by atoms with van der Waals surface area (Å²) in [4.78, 5) is 20.0. The predicted octanol–water partition coefficient (Wildman–Crippen LogP) is 2.15. The second-order valence-electron chi connectivity index (χ2n) is 4.31. The van der Waals surface area contributed by atoms with Gasteiger partial charge in [0.2, 0.25) is 5.91 Å². The molecule has 0 unspecified atom stereocenters. The molecule has 5 nitrogen and oxygen atoms in total. The van der Waals surface area contributed by atoms with Crippen molar-refractivity contribution in [2.45, 2.75) is 20.4 Å². The number of amides is 1. The maximum Gasteiger partial charge on any atom is 0.246 e. The van der Waals surface area contributed by atoms with E-state index in [9.17, 15) is 4.79 Å². The molecule has 100 valence electrons. The first-order valence-electron chi connectivity index (χ1n) is 5.92. The number of carbonyl (C=O) groups is 1. The number of hydrogen-bond donors (Lipinski definition) is 1. The summed E-state index contributed by atoms with van der Waals surface area (Å²) in [6.07, 6.45) is 3.41. The Morgan fingerprint density at radius 2 is 2.26 bits per heavy atom. The van der Waals surface area contributed by atoms with E-state index in [0.717, 1.165) is 10.7 Å². The summed E-state index contributed by atoms with van der Waals surface area (Å²) in [5.74, 6) is 1.31. The molecule has 0 aliphatic heterocycles. The van der Waals surface area contributed by atoms with Gasteiger partial charge in [-0.1, -0.05) is 0 Å². The van der Waals surface area contributed by atoms with E-state index in [1.54, 1.807) is 29.4 Å². The first-order chi connectivity index (χ1) is 9.04. The summed E-state index contributed by atoms with van der Waals surface area (Å²) in [5.41, 5.74) is 0. The Bertz CT molecular complexity index is 599. The molecule has 0 aromatic carbocycles. The molecule has 0 bridgehead atoms. The van der Waals surface area contributed by atoms with Crippen molar-refractivity contribution in [2.24, 2.45) is 0 Å². The smallest absolute Gasteiger partial charge is 0.246 e. The molecule has 0 aliphatic rings. The maximum absolute atomic E-state index is 11.9. The first kappa shape index (κ1) is 13.5. The molecule has 2 aromatic rings. The van der Waals surface area contributed by atoms with E-state index < -0.39 is 0 Å². The Morgan fingerprint density at radius 3 is 2.84 bits per heavy atom. The van der Waals surface area contributed by atoms with Gasteiger partial charge < -0.3 is 4.90 Å². The summed E-state index contributed by atoms with van der Waals surface area (Å²) in [6, 6.07) is 4.04. The fourth-order valence-corrected chi connectivity index (χ4v) is 2.35. The van der Waals surface area contributed by atoms with Crippen molar-refractivity contribution in [1.82, 2.24) is 20.1 Å². The molecule has 0 atom stereocenters. The van der Waals surface area contributed by atoms with Gasteiger partial charge >= 0.3 is 0 Å². The monoisotopic (exact) mass is 276 g/mol. The van der Waals surface area contributed by atoms with Gasteiger partial charge in [-0.25, -0.2) is 4.98 Å². The molecule has 19 heavy (non-hydrogen) atoms. The van der Waals surface area contributed by atoms with Gasteiger partial charge in [-0.2, -0.15) is 5.10 Å². The van der Waals surface area contributed by atoms with Crippen LogP contribution in [0.1, 0.15) is 21.4 Å². The van der Waals surface area contributed by atoms with Crippen molar-refractivity contribution >= 4 is 23.3 Å². The normalized spacial score (nSPS) is 11.1. The topological polar surface area (TPSA) is 61.9 Å². The fraction of sp³-hybridized carbons (Fsp3) is 0.308. The van der Waals surface area contributed by atoms with Gasteiger partial charge in [-0.15, -0.1) is 11.3 Å². The third kappa shape index (κ3) is 3.75. The number of H-pyrrole nitrogens is 1. The lowest BCUT2D eigenvalue weighted by molar-refractivity contribution is -0.125. The summed E-state index contributed by atoms with van der Waals surface area (Å²) in [6.45, 7) is 4.27. The lowest BCUT2D eigenvalue weighted by atomic mass is 10.3. The second-order valence-corrected chi connectivity index (χ2v) is 5.63. The van der Waals surface area contributed by atoms with Gasteiger partial charge in [-0.3, -0.25) is 9.89 Å². The second kappa shape index (κ2) is 5.79. The quantitative estimate of drug-likeness (QED) is 0.870. The maximum atomic E-state index is 11.9. The molecule has 1 amide bonds. The Hall–Kier alpha value is -1.95.